The molecule has 2 aliphatic rings. The van der Waals surface area contributed by atoms with Gasteiger partial charge in [0.05, 0.1) is 6.54 Å². The number of hydrogen-bond acceptors (Lipinski definition) is 3. The first-order chi connectivity index (χ1) is 11.8. The zero-order valence-electron chi connectivity index (χ0n) is 14.0. The fourth-order valence-electron chi connectivity index (χ4n) is 3.42. The molecule has 0 unspecified atom stereocenters. The van der Waals surface area contributed by atoms with Gasteiger partial charge in [-0.15, -0.1) is 11.3 Å². The fraction of sp³-hybridized carbons (Fsp3) is 0.526. The molecule has 0 bridgehead atoms. The molecule has 1 saturated heterocycles. The van der Waals surface area contributed by atoms with Crippen LogP contribution in [0.25, 0.3) is 0 Å². The van der Waals surface area contributed by atoms with Gasteiger partial charge in [0.15, 0.2) is 0 Å². The topological polar surface area (TPSA) is 37.3 Å². The summed E-state index contributed by atoms with van der Waals surface area (Å²) in [5.41, 5.74) is 0.813. The minimum absolute atomic E-state index is 0.178. The van der Waals surface area contributed by atoms with Gasteiger partial charge >= 0.3 is 0 Å². The van der Waals surface area contributed by atoms with Crippen LogP contribution in [0, 0.1) is 5.92 Å². The van der Waals surface area contributed by atoms with Crippen molar-refractivity contribution >= 4 is 17.2 Å². The molecule has 0 radical (unpaired) electrons. The predicted octanol–water partition coefficient (Wildman–Crippen LogP) is 3.20. The number of piperidine rings is 1. The van der Waals surface area contributed by atoms with Gasteiger partial charge in [-0.25, -0.2) is 0 Å². The Hall–Kier alpha value is -1.59. The lowest BCUT2D eigenvalue weighted by Crippen LogP contribution is -2.45. The van der Waals surface area contributed by atoms with E-state index < -0.39 is 0 Å². The third-order valence-corrected chi connectivity index (χ3v) is 5.99. The highest BCUT2D eigenvalue weighted by Gasteiger charge is 2.27. The molecule has 1 aliphatic heterocycles. The molecule has 0 atom stereocenters. The van der Waals surface area contributed by atoms with Crippen molar-refractivity contribution in [3.05, 3.63) is 46.4 Å². The molecule has 5 heteroatoms. The van der Waals surface area contributed by atoms with Gasteiger partial charge in [0.2, 0.25) is 0 Å². The maximum absolute atomic E-state index is 12.9. The first-order valence-corrected chi connectivity index (χ1v) is 9.88. The van der Waals surface area contributed by atoms with Crippen LogP contribution in [0.15, 0.2) is 35.8 Å². The molecule has 128 valence electrons. The van der Waals surface area contributed by atoms with Crippen molar-refractivity contribution in [1.82, 2.24) is 14.8 Å². The molecular weight excluding hydrogens is 318 g/mol. The fourth-order valence-corrected chi connectivity index (χ4v) is 4.12. The van der Waals surface area contributed by atoms with Crippen LogP contribution in [0.1, 0.15) is 41.0 Å². The van der Waals surface area contributed by atoms with Crippen LogP contribution < -0.4 is 5.32 Å². The number of amides is 1. The molecule has 4 nitrogen and oxygen atoms in total. The zero-order chi connectivity index (χ0) is 16.4. The van der Waals surface area contributed by atoms with Crippen LogP contribution in [-0.4, -0.2) is 41.1 Å². The van der Waals surface area contributed by atoms with Crippen molar-refractivity contribution < 1.29 is 4.79 Å². The van der Waals surface area contributed by atoms with Crippen LogP contribution in [0.4, 0.5) is 0 Å². The van der Waals surface area contributed by atoms with Gasteiger partial charge in [-0.1, -0.05) is 6.07 Å². The number of rotatable bonds is 6. The average molecular weight is 343 g/mol. The Kier molecular flexibility index (Phi) is 4.72. The second-order valence-corrected chi connectivity index (χ2v) is 8.05. The molecule has 1 amide bonds. The Morgan fingerprint density at radius 1 is 1.17 bits per heavy atom. The molecule has 1 saturated carbocycles. The smallest absolute Gasteiger partial charge is 0.270 e. The van der Waals surface area contributed by atoms with Crippen molar-refractivity contribution in [2.45, 2.75) is 38.3 Å². The second-order valence-electron chi connectivity index (χ2n) is 7.02. The summed E-state index contributed by atoms with van der Waals surface area (Å²) in [6.07, 6.45) is 6.95. The summed E-state index contributed by atoms with van der Waals surface area (Å²) in [6, 6.07) is 8.70. The monoisotopic (exact) mass is 343 g/mol. The van der Waals surface area contributed by atoms with Crippen molar-refractivity contribution in [2.24, 2.45) is 5.92 Å². The maximum atomic E-state index is 12.9. The molecule has 2 aromatic rings. The van der Waals surface area contributed by atoms with Gasteiger partial charge in [0, 0.05) is 30.2 Å². The summed E-state index contributed by atoms with van der Waals surface area (Å²) < 4.78 is 2.07. The average Bonchev–Trinajstić information content (AvgIpc) is 3.08. The molecule has 0 aromatic carbocycles. The number of hydrogen-bond donors (Lipinski definition) is 1. The van der Waals surface area contributed by atoms with Crippen molar-refractivity contribution in [3.63, 3.8) is 0 Å². The van der Waals surface area contributed by atoms with Crippen LogP contribution >= 0.6 is 11.3 Å². The first kappa shape index (κ1) is 15.9. The highest BCUT2D eigenvalue weighted by Crippen LogP contribution is 2.28. The summed E-state index contributed by atoms with van der Waals surface area (Å²) in [5.74, 6) is 1.10. The number of likely N-dealkylation sites (tertiary alicyclic amines) is 1. The number of thiophene rings is 1. The number of nitrogens with zero attached hydrogens (tertiary/aromatic N) is 2. The molecule has 3 heterocycles. The van der Waals surface area contributed by atoms with E-state index >= 15 is 0 Å². The molecule has 1 N–H and O–H groups in total. The van der Waals surface area contributed by atoms with Crippen LogP contribution in [0.2, 0.25) is 0 Å². The van der Waals surface area contributed by atoms with E-state index in [2.05, 4.69) is 27.4 Å². The Morgan fingerprint density at radius 3 is 2.71 bits per heavy atom. The molecule has 24 heavy (non-hydrogen) atoms. The lowest BCUT2D eigenvalue weighted by atomic mass is 10.0. The van der Waals surface area contributed by atoms with Crippen molar-refractivity contribution in [2.75, 3.05) is 19.6 Å². The summed E-state index contributed by atoms with van der Waals surface area (Å²) in [4.78, 5) is 16.2. The van der Waals surface area contributed by atoms with Crippen LogP contribution in [-0.2, 0) is 6.54 Å². The molecule has 1 aliphatic carbocycles. The van der Waals surface area contributed by atoms with E-state index in [0.29, 0.717) is 6.04 Å². The third kappa shape index (κ3) is 3.73. The Labute approximate surface area is 147 Å². The number of carbonyl (C=O) groups excluding carboxylic acids is 1. The zero-order valence-corrected chi connectivity index (χ0v) is 14.8. The van der Waals surface area contributed by atoms with Gasteiger partial charge in [0.25, 0.3) is 5.91 Å². The molecular formula is C19H25N3OS. The number of carbonyl (C=O) groups is 1. The molecule has 2 fully saturated rings. The Morgan fingerprint density at radius 2 is 2.00 bits per heavy atom. The molecule has 2 aromatic heterocycles. The van der Waals surface area contributed by atoms with E-state index in [-0.39, 0.29) is 5.91 Å². The van der Waals surface area contributed by atoms with E-state index in [1.807, 2.05) is 23.2 Å². The van der Waals surface area contributed by atoms with Gasteiger partial charge in [-0.05, 0) is 61.7 Å². The lowest BCUT2D eigenvalue weighted by molar-refractivity contribution is 0.0694. The predicted molar refractivity (Wildman–Crippen MR) is 97.5 cm³/mol. The SMILES string of the molecule is O=C(c1cccn1Cc1cccs1)N1CCC(NCC2CC2)CC1. The summed E-state index contributed by atoms with van der Waals surface area (Å²) in [5, 5.41) is 5.76. The maximum Gasteiger partial charge on any atom is 0.270 e. The van der Waals surface area contributed by atoms with Gasteiger partial charge in [0.1, 0.15) is 5.69 Å². The number of aromatic nitrogens is 1. The molecule has 0 spiro atoms. The lowest BCUT2D eigenvalue weighted by Gasteiger charge is -2.32. The highest BCUT2D eigenvalue weighted by molar-refractivity contribution is 7.09. The van der Waals surface area contributed by atoms with E-state index in [4.69, 9.17) is 0 Å². The largest absolute Gasteiger partial charge is 0.338 e. The van der Waals surface area contributed by atoms with Gasteiger partial charge in [-0.3, -0.25) is 4.79 Å². The van der Waals surface area contributed by atoms with Gasteiger partial charge < -0.3 is 14.8 Å². The highest BCUT2D eigenvalue weighted by atomic mass is 32.1. The van der Waals surface area contributed by atoms with E-state index in [0.717, 1.165) is 44.1 Å². The van der Waals surface area contributed by atoms with Crippen molar-refractivity contribution in [3.8, 4) is 0 Å². The van der Waals surface area contributed by atoms with E-state index in [9.17, 15) is 4.79 Å². The number of nitrogens with one attached hydrogen (secondary N) is 1. The van der Waals surface area contributed by atoms with Crippen LogP contribution in [0.5, 0.6) is 0 Å². The Bertz CT molecular complexity index is 667. The minimum atomic E-state index is 0.178. The normalized spacial score (nSPS) is 18.9. The van der Waals surface area contributed by atoms with Crippen LogP contribution in [0.3, 0.4) is 0 Å². The van der Waals surface area contributed by atoms with E-state index in [1.165, 1.54) is 24.3 Å². The quantitative estimate of drug-likeness (QED) is 0.874. The summed E-state index contributed by atoms with van der Waals surface area (Å²) in [7, 11) is 0. The molecule has 4 rings (SSSR count). The summed E-state index contributed by atoms with van der Waals surface area (Å²) >= 11 is 1.74. The standard InChI is InChI=1S/C19H25N3OS/c23-19(18-4-1-9-22(18)14-17-3-2-12-24-17)21-10-7-16(8-11-21)20-13-15-5-6-15/h1-4,9,12,15-16,20H,5-8,10-11,13-14H2. The Balaban J connectivity index is 1.33. The van der Waals surface area contributed by atoms with Crippen molar-refractivity contribution in [1.29, 1.82) is 0 Å². The first-order valence-electron chi connectivity index (χ1n) is 9.00. The minimum Gasteiger partial charge on any atom is -0.338 e. The summed E-state index contributed by atoms with van der Waals surface area (Å²) in [6.45, 7) is 3.68. The third-order valence-electron chi connectivity index (χ3n) is 5.13. The van der Waals surface area contributed by atoms with E-state index in [1.54, 1.807) is 11.3 Å². The second kappa shape index (κ2) is 7.11. The van der Waals surface area contributed by atoms with Gasteiger partial charge in [-0.2, -0.15) is 0 Å².